The Morgan fingerprint density at radius 1 is 0.680 bits per heavy atom. The fraction of sp³-hybridized carbons (Fsp3) is 0.455. The highest BCUT2D eigenvalue weighted by Gasteiger charge is 2.24. The molecule has 0 amide bonds. The lowest BCUT2D eigenvalue weighted by Gasteiger charge is -2.27. The number of alkyl halides is 1. The van der Waals surface area contributed by atoms with Gasteiger partial charge in [0.25, 0.3) is 0 Å². The van der Waals surface area contributed by atoms with Crippen molar-refractivity contribution >= 4 is 22.6 Å². The Morgan fingerprint density at radius 3 is 1.16 bits per heavy atom. The second-order valence-electron chi connectivity index (χ2n) is 6.48. The quantitative estimate of drug-likeness (QED) is 0.405. The zero-order valence-corrected chi connectivity index (χ0v) is 17.9. The van der Waals surface area contributed by atoms with E-state index in [1.807, 2.05) is 24.3 Å². The molecule has 0 heterocycles. The lowest BCUT2D eigenvalue weighted by Crippen LogP contribution is -2.14. The summed E-state index contributed by atoms with van der Waals surface area (Å²) in [6.07, 6.45) is 3.63. The molecule has 2 N–H and O–H groups in total. The van der Waals surface area contributed by atoms with Gasteiger partial charge in [0.2, 0.25) is 0 Å². The number of rotatable bonds is 7. The van der Waals surface area contributed by atoms with Crippen molar-refractivity contribution in [2.24, 2.45) is 0 Å². The number of hydrogen-bond acceptors (Lipinski definition) is 2. The van der Waals surface area contributed by atoms with Crippen LogP contribution in [0.4, 0.5) is 0 Å². The van der Waals surface area contributed by atoms with E-state index >= 15 is 0 Å². The Bertz CT molecular complexity index is 625. The van der Waals surface area contributed by atoms with Gasteiger partial charge in [-0.1, -0.05) is 50.3 Å². The summed E-state index contributed by atoms with van der Waals surface area (Å²) in [5, 5.41) is 20.2. The molecule has 0 saturated heterocycles. The largest absolute Gasteiger partial charge is 0.508 e. The molecule has 2 nitrogen and oxygen atoms in total. The first-order chi connectivity index (χ1) is 12.0. The number of phenolic OH excluding ortho intramolecular Hbond substituents is 2. The summed E-state index contributed by atoms with van der Waals surface area (Å²) >= 11 is 2.48. The molecule has 0 unspecified atom stereocenters. The summed E-state index contributed by atoms with van der Waals surface area (Å²) in [4.78, 5) is 0. The van der Waals surface area contributed by atoms with Crippen molar-refractivity contribution in [3.05, 3.63) is 57.6 Å². The van der Waals surface area contributed by atoms with Crippen LogP contribution in [0.3, 0.4) is 0 Å². The average molecular weight is 452 g/mol. The molecule has 0 atom stereocenters. The zero-order valence-electron chi connectivity index (χ0n) is 15.7. The van der Waals surface area contributed by atoms with Gasteiger partial charge in [0.15, 0.2) is 0 Å². The standard InChI is InChI=1S/C22H29IO2/c1-5-14-9-18(24)10-15(6-2)21(14)20(13-23)22-16(7-3)11-19(25)12-17(22)8-4/h9-12,20,24-25H,5-8,13H2,1-4H3. The van der Waals surface area contributed by atoms with Crippen molar-refractivity contribution in [2.75, 3.05) is 4.43 Å². The summed E-state index contributed by atoms with van der Waals surface area (Å²) in [6, 6.07) is 7.69. The van der Waals surface area contributed by atoms with E-state index in [9.17, 15) is 10.2 Å². The zero-order chi connectivity index (χ0) is 18.6. The summed E-state index contributed by atoms with van der Waals surface area (Å²) in [7, 11) is 0. The summed E-state index contributed by atoms with van der Waals surface area (Å²) in [5.74, 6) is 1.01. The molecule has 0 spiro atoms. The molecule has 0 aliphatic carbocycles. The molecule has 2 rings (SSSR count). The van der Waals surface area contributed by atoms with Crippen molar-refractivity contribution in [3.63, 3.8) is 0 Å². The second kappa shape index (κ2) is 8.93. The lowest BCUT2D eigenvalue weighted by atomic mass is 9.79. The van der Waals surface area contributed by atoms with Gasteiger partial charge in [0, 0.05) is 10.3 Å². The predicted molar refractivity (Wildman–Crippen MR) is 114 cm³/mol. The summed E-state index contributed by atoms with van der Waals surface area (Å²) in [5.41, 5.74) is 7.66. The number of phenols is 2. The Balaban J connectivity index is 2.78. The topological polar surface area (TPSA) is 40.5 Å². The third kappa shape index (κ3) is 4.13. The van der Waals surface area contributed by atoms with E-state index in [1.165, 1.54) is 33.4 Å². The average Bonchev–Trinajstić information content (AvgIpc) is 2.62. The first-order valence-corrected chi connectivity index (χ1v) is 10.8. The Labute approximate surface area is 165 Å². The van der Waals surface area contributed by atoms with E-state index in [2.05, 4.69) is 50.3 Å². The minimum absolute atomic E-state index is 0.289. The first kappa shape index (κ1) is 20.1. The van der Waals surface area contributed by atoms with E-state index in [0.717, 1.165) is 30.1 Å². The van der Waals surface area contributed by atoms with Crippen LogP contribution >= 0.6 is 22.6 Å². The van der Waals surface area contributed by atoms with Gasteiger partial charge < -0.3 is 10.2 Å². The van der Waals surface area contributed by atoms with Crippen LogP contribution in [0.2, 0.25) is 0 Å². The van der Waals surface area contributed by atoms with Gasteiger partial charge in [-0.25, -0.2) is 0 Å². The van der Waals surface area contributed by atoms with Crippen LogP contribution < -0.4 is 0 Å². The Morgan fingerprint density at radius 2 is 0.960 bits per heavy atom. The van der Waals surface area contributed by atoms with E-state index in [-0.39, 0.29) is 5.92 Å². The van der Waals surface area contributed by atoms with Crippen molar-refractivity contribution in [2.45, 2.75) is 59.3 Å². The van der Waals surface area contributed by atoms with E-state index in [4.69, 9.17) is 0 Å². The van der Waals surface area contributed by atoms with Crippen LogP contribution in [0.5, 0.6) is 11.5 Å². The number of halogens is 1. The summed E-state index contributed by atoms with van der Waals surface area (Å²) < 4.78 is 0.979. The molecular weight excluding hydrogens is 423 g/mol. The molecule has 0 bridgehead atoms. The van der Waals surface area contributed by atoms with Gasteiger partial charge in [0.05, 0.1) is 0 Å². The van der Waals surface area contributed by atoms with Crippen molar-refractivity contribution in [1.82, 2.24) is 0 Å². The van der Waals surface area contributed by atoms with Crippen molar-refractivity contribution in [1.29, 1.82) is 0 Å². The van der Waals surface area contributed by atoms with Gasteiger partial charge in [-0.05, 0) is 83.3 Å². The highest BCUT2D eigenvalue weighted by atomic mass is 127. The molecule has 2 aromatic carbocycles. The molecule has 3 heteroatoms. The number of aromatic hydroxyl groups is 2. The maximum atomic E-state index is 10.1. The van der Waals surface area contributed by atoms with Crippen LogP contribution in [0.15, 0.2) is 24.3 Å². The molecule has 0 radical (unpaired) electrons. The van der Waals surface area contributed by atoms with E-state index in [1.54, 1.807) is 0 Å². The van der Waals surface area contributed by atoms with Crippen molar-refractivity contribution in [3.8, 4) is 11.5 Å². The van der Waals surface area contributed by atoms with Crippen LogP contribution in [0, 0.1) is 0 Å². The number of benzene rings is 2. The van der Waals surface area contributed by atoms with Crippen LogP contribution in [-0.2, 0) is 25.7 Å². The third-order valence-corrected chi connectivity index (χ3v) is 5.93. The van der Waals surface area contributed by atoms with E-state index in [0.29, 0.717) is 11.5 Å². The van der Waals surface area contributed by atoms with Gasteiger partial charge in [0.1, 0.15) is 11.5 Å². The second-order valence-corrected chi connectivity index (χ2v) is 7.36. The molecular formula is C22H29IO2. The SMILES string of the molecule is CCc1cc(O)cc(CC)c1C(CI)c1c(CC)cc(O)cc1CC. The fourth-order valence-electron chi connectivity index (χ4n) is 3.88. The van der Waals surface area contributed by atoms with Gasteiger partial charge in [-0.2, -0.15) is 0 Å². The maximum Gasteiger partial charge on any atom is 0.116 e. The fourth-order valence-corrected chi connectivity index (χ4v) is 4.77. The third-order valence-electron chi connectivity index (χ3n) is 5.05. The summed E-state index contributed by atoms with van der Waals surface area (Å²) in [6.45, 7) is 8.61. The molecule has 0 saturated carbocycles. The Hall–Kier alpha value is -1.23. The molecule has 0 fully saturated rings. The minimum atomic E-state index is 0.289. The van der Waals surface area contributed by atoms with Crippen LogP contribution in [0.1, 0.15) is 67.0 Å². The Kier molecular flexibility index (Phi) is 7.17. The van der Waals surface area contributed by atoms with Gasteiger partial charge >= 0.3 is 0 Å². The molecule has 0 aromatic heterocycles. The van der Waals surface area contributed by atoms with E-state index < -0.39 is 0 Å². The normalized spacial score (nSPS) is 11.3. The van der Waals surface area contributed by atoms with Gasteiger partial charge in [-0.3, -0.25) is 0 Å². The highest BCUT2D eigenvalue weighted by molar-refractivity contribution is 14.1. The minimum Gasteiger partial charge on any atom is -0.508 e. The molecule has 136 valence electrons. The van der Waals surface area contributed by atoms with Gasteiger partial charge in [-0.15, -0.1) is 0 Å². The molecule has 25 heavy (non-hydrogen) atoms. The van der Waals surface area contributed by atoms with Crippen LogP contribution in [0.25, 0.3) is 0 Å². The smallest absolute Gasteiger partial charge is 0.116 e. The monoisotopic (exact) mass is 452 g/mol. The number of hydrogen-bond donors (Lipinski definition) is 2. The number of aryl methyl sites for hydroxylation is 4. The molecule has 2 aromatic rings. The first-order valence-electron chi connectivity index (χ1n) is 9.25. The van der Waals surface area contributed by atoms with Crippen LogP contribution in [-0.4, -0.2) is 14.6 Å². The highest BCUT2D eigenvalue weighted by Crippen LogP contribution is 2.39. The lowest BCUT2D eigenvalue weighted by molar-refractivity contribution is 0.473. The predicted octanol–water partition coefficient (Wildman–Crippen LogP) is 5.91. The molecule has 0 aliphatic rings. The maximum absolute atomic E-state index is 10.1. The van der Waals surface area contributed by atoms with Crippen molar-refractivity contribution < 1.29 is 10.2 Å². The molecule has 0 aliphatic heterocycles.